The Kier molecular flexibility index (Phi) is 5.12. The Morgan fingerprint density at radius 3 is 1.38 bits per heavy atom. The average Bonchev–Trinajstić information content (AvgIpc) is 2.48. The molecule has 21 heavy (non-hydrogen) atoms. The fraction of sp³-hybridized carbons (Fsp3) is 0.250. The topological polar surface area (TPSA) is 52.6 Å². The second kappa shape index (κ2) is 6.85. The molecule has 0 saturated carbocycles. The van der Waals surface area contributed by atoms with Gasteiger partial charge in [0.15, 0.2) is 0 Å². The summed E-state index contributed by atoms with van der Waals surface area (Å²) >= 11 is 0. The van der Waals surface area contributed by atoms with Crippen LogP contribution in [0.5, 0.6) is 0 Å². The van der Waals surface area contributed by atoms with E-state index in [9.17, 15) is 8.42 Å². The van der Waals surface area contributed by atoms with Crippen molar-refractivity contribution >= 4 is 10.4 Å². The molecule has 0 radical (unpaired) electrons. The lowest BCUT2D eigenvalue weighted by Gasteiger charge is -2.16. The Morgan fingerprint density at radius 2 is 1.05 bits per heavy atom. The van der Waals surface area contributed by atoms with Crippen molar-refractivity contribution in [2.75, 3.05) is 0 Å². The zero-order valence-corrected chi connectivity index (χ0v) is 12.8. The van der Waals surface area contributed by atoms with Crippen molar-refractivity contribution in [3.63, 3.8) is 0 Å². The SMILES string of the molecule is CC(OS(=O)(=O)OC(C)c1ccccc1)c1ccccc1. The van der Waals surface area contributed by atoms with E-state index in [4.69, 9.17) is 8.37 Å². The Balaban J connectivity index is 2.02. The molecule has 2 unspecified atom stereocenters. The van der Waals surface area contributed by atoms with Gasteiger partial charge >= 0.3 is 10.4 Å². The molecule has 0 N–H and O–H groups in total. The smallest absolute Gasteiger partial charge is 0.240 e. The predicted molar refractivity (Wildman–Crippen MR) is 80.8 cm³/mol. The summed E-state index contributed by atoms with van der Waals surface area (Å²) < 4.78 is 34.0. The normalized spacial score (nSPS) is 14.6. The van der Waals surface area contributed by atoms with Gasteiger partial charge in [0.25, 0.3) is 0 Å². The molecule has 0 amide bonds. The van der Waals surface area contributed by atoms with Gasteiger partial charge in [-0.05, 0) is 25.0 Å². The van der Waals surface area contributed by atoms with E-state index in [1.54, 1.807) is 38.1 Å². The van der Waals surface area contributed by atoms with Gasteiger partial charge in [0.2, 0.25) is 0 Å². The first-order chi connectivity index (χ1) is 9.98. The van der Waals surface area contributed by atoms with Gasteiger partial charge in [-0.1, -0.05) is 60.7 Å². The summed E-state index contributed by atoms with van der Waals surface area (Å²) in [4.78, 5) is 0. The summed E-state index contributed by atoms with van der Waals surface area (Å²) in [7, 11) is -4.08. The van der Waals surface area contributed by atoms with Crippen LogP contribution < -0.4 is 0 Å². The van der Waals surface area contributed by atoms with Crippen molar-refractivity contribution in [1.29, 1.82) is 0 Å². The highest BCUT2D eigenvalue weighted by molar-refractivity contribution is 7.81. The monoisotopic (exact) mass is 306 g/mol. The van der Waals surface area contributed by atoms with E-state index in [0.717, 1.165) is 11.1 Å². The summed E-state index contributed by atoms with van der Waals surface area (Å²) in [5, 5.41) is 0. The van der Waals surface area contributed by atoms with Crippen LogP contribution in [0.2, 0.25) is 0 Å². The van der Waals surface area contributed by atoms with E-state index in [1.165, 1.54) is 0 Å². The molecule has 0 fully saturated rings. The van der Waals surface area contributed by atoms with Gasteiger partial charge in [0, 0.05) is 0 Å². The van der Waals surface area contributed by atoms with Crippen LogP contribution in [-0.2, 0) is 18.8 Å². The molecule has 4 nitrogen and oxygen atoms in total. The van der Waals surface area contributed by atoms with Gasteiger partial charge in [0.1, 0.15) is 12.2 Å². The molecule has 0 spiro atoms. The van der Waals surface area contributed by atoms with E-state index in [1.807, 2.05) is 36.4 Å². The minimum Gasteiger partial charge on any atom is -0.240 e. The molecule has 0 aliphatic carbocycles. The van der Waals surface area contributed by atoms with Crippen LogP contribution in [-0.4, -0.2) is 8.42 Å². The van der Waals surface area contributed by atoms with E-state index in [0.29, 0.717) is 0 Å². The van der Waals surface area contributed by atoms with Gasteiger partial charge in [-0.2, -0.15) is 8.42 Å². The minimum atomic E-state index is -4.08. The Labute approximate surface area is 125 Å². The maximum atomic E-state index is 12.0. The fourth-order valence-electron chi connectivity index (χ4n) is 1.94. The van der Waals surface area contributed by atoms with Crippen LogP contribution in [0.15, 0.2) is 60.7 Å². The first kappa shape index (κ1) is 15.7. The van der Waals surface area contributed by atoms with Gasteiger partial charge in [0.05, 0.1) is 0 Å². The first-order valence-corrected chi connectivity index (χ1v) is 8.02. The van der Waals surface area contributed by atoms with E-state index < -0.39 is 22.6 Å². The van der Waals surface area contributed by atoms with Gasteiger partial charge in [-0.25, -0.2) is 8.37 Å². The quantitative estimate of drug-likeness (QED) is 0.815. The Hall–Kier alpha value is -1.69. The minimum absolute atomic E-state index is 0.598. The maximum Gasteiger partial charge on any atom is 0.401 e. The Bertz CT molecular complexity index is 600. The van der Waals surface area contributed by atoms with Crippen molar-refractivity contribution < 1.29 is 16.8 Å². The van der Waals surface area contributed by atoms with Crippen molar-refractivity contribution in [3.05, 3.63) is 71.8 Å². The van der Waals surface area contributed by atoms with Crippen molar-refractivity contribution in [1.82, 2.24) is 0 Å². The summed E-state index contributed by atoms with van der Waals surface area (Å²) in [6, 6.07) is 18.3. The third kappa shape index (κ3) is 4.67. The summed E-state index contributed by atoms with van der Waals surface area (Å²) in [6.07, 6.45) is -1.20. The molecule has 2 aromatic rings. The van der Waals surface area contributed by atoms with Gasteiger partial charge in [-0.15, -0.1) is 0 Å². The molecule has 2 aromatic carbocycles. The zero-order chi connectivity index (χ0) is 15.3. The van der Waals surface area contributed by atoms with Crippen molar-refractivity contribution in [2.45, 2.75) is 26.1 Å². The first-order valence-electron chi connectivity index (χ1n) is 6.69. The molecule has 5 heteroatoms. The van der Waals surface area contributed by atoms with Gasteiger partial charge in [-0.3, -0.25) is 0 Å². The van der Waals surface area contributed by atoms with E-state index in [2.05, 4.69) is 0 Å². The number of hydrogen-bond donors (Lipinski definition) is 0. The fourth-order valence-corrected chi connectivity index (χ4v) is 2.91. The van der Waals surface area contributed by atoms with Gasteiger partial charge < -0.3 is 0 Å². The summed E-state index contributed by atoms with van der Waals surface area (Å²) in [5.41, 5.74) is 1.55. The lowest BCUT2D eigenvalue weighted by Crippen LogP contribution is -2.15. The van der Waals surface area contributed by atoms with E-state index >= 15 is 0 Å². The largest absolute Gasteiger partial charge is 0.401 e. The van der Waals surface area contributed by atoms with Crippen molar-refractivity contribution in [2.24, 2.45) is 0 Å². The molecule has 0 saturated heterocycles. The highest BCUT2D eigenvalue weighted by Gasteiger charge is 2.22. The number of benzene rings is 2. The van der Waals surface area contributed by atoms with Crippen LogP contribution in [0.3, 0.4) is 0 Å². The third-order valence-electron chi connectivity index (χ3n) is 3.06. The maximum absolute atomic E-state index is 12.0. The van der Waals surface area contributed by atoms with E-state index in [-0.39, 0.29) is 0 Å². The predicted octanol–water partition coefficient (Wildman–Crippen LogP) is 3.79. The van der Waals surface area contributed by atoms with Crippen LogP contribution >= 0.6 is 0 Å². The molecule has 2 rings (SSSR count). The van der Waals surface area contributed by atoms with Crippen LogP contribution in [0.4, 0.5) is 0 Å². The van der Waals surface area contributed by atoms with Crippen LogP contribution in [0, 0.1) is 0 Å². The molecule has 0 bridgehead atoms. The third-order valence-corrected chi connectivity index (χ3v) is 4.11. The van der Waals surface area contributed by atoms with Crippen molar-refractivity contribution in [3.8, 4) is 0 Å². The molecule has 0 aromatic heterocycles. The Morgan fingerprint density at radius 1 is 0.714 bits per heavy atom. The highest BCUT2D eigenvalue weighted by atomic mass is 32.3. The summed E-state index contributed by atoms with van der Waals surface area (Å²) in [5.74, 6) is 0. The average molecular weight is 306 g/mol. The lowest BCUT2D eigenvalue weighted by atomic mass is 10.1. The second-order valence-corrected chi connectivity index (χ2v) is 5.91. The lowest BCUT2D eigenvalue weighted by molar-refractivity contribution is 0.139. The molecule has 0 heterocycles. The molecule has 112 valence electrons. The molecule has 2 atom stereocenters. The molecule has 0 aliphatic rings. The second-order valence-electron chi connectivity index (χ2n) is 4.71. The summed E-state index contributed by atoms with van der Waals surface area (Å²) in [6.45, 7) is 3.34. The van der Waals surface area contributed by atoms with Crippen LogP contribution in [0.1, 0.15) is 37.2 Å². The molecular weight excluding hydrogens is 288 g/mol. The van der Waals surface area contributed by atoms with Crippen LogP contribution in [0.25, 0.3) is 0 Å². The standard InChI is InChI=1S/C16H18O4S/c1-13(15-9-5-3-6-10-15)19-21(17,18)20-14(2)16-11-7-4-8-12-16/h3-14H,1-2H3. The zero-order valence-electron chi connectivity index (χ0n) is 12.0. The molecule has 0 aliphatic heterocycles. The number of rotatable bonds is 6. The number of hydrogen-bond acceptors (Lipinski definition) is 4. The highest BCUT2D eigenvalue weighted by Crippen LogP contribution is 2.24. The molecular formula is C16H18O4S.